The summed E-state index contributed by atoms with van der Waals surface area (Å²) in [6.45, 7) is 1.69. The molecule has 0 spiro atoms. The highest BCUT2D eigenvalue weighted by Gasteiger charge is 2.41. The SMILES string of the molecule is CC1(OC(N)=O)C=CC(c2coc3ccccc23)=C2N=NN=C21. The molecular formula is C16H12N4O3. The van der Waals surface area contributed by atoms with Gasteiger partial charge in [0.2, 0.25) is 0 Å². The zero-order chi connectivity index (χ0) is 16.0. The Morgan fingerprint density at radius 1 is 1.35 bits per heavy atom. The van der Waals surface area contributed by atoms with Crippen molar-refractivity contribution in [3.8, 4) is 0 Å². The number of benzene rings is 1. The third kappa shape index (κ3) is 1.97. The van der Waals surface area contributed by atoms with Gasteiger partial charge in [0.15, 0.2) is 5.60 Å². The molecule has 2 aliphatic rings. The molecule has 1 aromatic carbocycles. The second-order valence-electron chi connectivity index (χ2n) is 5.41. The fourth-order valence-electron chi connectivity index (χ4n) is 2.82. The van der Waals surface area contributed by atoms with Crippen LogP contribution in [0.25, 0.3) is 16.5 Å². The van der Waals surface area contributed by atoms with Crippen LogP contribution < -0.4 is 5.73 Å². The predicted octanol–water partition coefficient (Wildman–Crippen LogP) is 3.39. The first kappa shape index (κ1) is 13.4. The molecule has 1 atom stereocenters. The van der Waals surface area contributed by atoms with E-state index >= 15 is 0 Å². The minimum absolute atomic E-state index is 0.444. The van der Waals surface area contributed by atoms with Crippen LogP contribution >= 0.6 is 0 Å². The maximum Gasteiger partial charge on any atom is 0.405 e. The zero-order valence-electron chi connectivity index (χ0n) is 12.2. The largest absolute Gasteiger partial charge is 0.464 e. The molecule has 0 radical (unpaired) electrons. The van der Waals surface area contributed by atoms with Crippen molar-refractivity contribution in [2.24, 2.45) is 21.2 Å². The van der Waals surface area contributed by atoms with Crippen LogP contribution in [0.5, 0.6) is 0 Å². The number of primary amides is 1. The number of para-hydroxylation sites is 1. The fraction of sp³-hybridized carbons (Fsp3) is 0.125. The normalized spacial score (nSPS) is 22.4. The van der Waals surface area contributed by atoms with E-state index in [1.165, 1.54) is 0 Å². The standard InChI is InChI=1S/C16H12N4O3/c1-16(23-15(17)21)7-6-10(13-14(16)19-20-18-13)11-8-22-12-5-3-2-4-9(11)12/h2-8H,1H3,(H2,17,21). The van der Waals surface area contributed by atoms with Gasteiger partial charge in [-0.2, -0.15) is 0 Å². The van der Waals surface area contributed by atoms with E-state index in [1.54, 1.807) is 19.3 Å². The lowest BCUT2D eigenvalue weighted by molar-refractivity contribution is 0.109. The summed E-state index contributed by atoms with van der Waals surface area (Å²) in [7, 11) is 0. The average molecular weight is 308 g/mol. The van der Waals surface area contributed by atoms with Crippen molar-refractivity contribution < 1.29 is 13.9 Å². The molecule has 2 N–H and O–H groups in total. The molecule has 2 aromatic rings. The molecule has 23 heavy (non-hydrogen) atoms. The van der Waals surface area contributed by atoms with E-state index in [9.17, 15) is 4.79 Å². The highest BCUT2D eigenvalue weighted by Crippen LogP contribution is 2.38. The predicted molar refractivity (Wildman–Crippen MR) is 83.6 cm³/mol. The Labute approximate surface area is 130 Å². The number of furan rings is 1. The molecule has 1 aromatic heterocycles. The van der Waals surface area contributed by atoms with Crippen LogP contribution in [0.15, 0.2) is 68.2 Å². The Kier molecular flexibility index (Phi) is 2.71. The summed E-state index contributed by atoms with van der Waals surface area (Å²) < 4.78 is 10.8. The summed E-state index contributed by atoms with van der Waals surface area (Å²) in [5.74, 6) is 0. The van der Waals surface area contributed by atoms with E-state index in [-0.39, 0.29) is 0 Å². The van der Waals surface area contributed by atoms with Gasteiger partial charge in [-0.15, -0.1) is 10.2 Å². The number of nitrogens with two attached hydrogens (primary N) is 1. The van der Waals surface area contributed by atoms with Crippen LogP contribution in [-0.2, 0) is 4.74 Å². The third-order valence-electron chi connectivity index (χ3n) is 3.89. The molecule has 0 saturated carbocycles. The Balaban J connectivity index is 1.87. The Bertz CT molecular complexity index is 951. The zero-order valence-corrected chi connectivity index (χ0v) is 12.2. The molecule has 0 saturated heterocycles. The number of ether oxygens (including phenoxy) is 1. The summed E-state index contributed by atoms with van der Waals surface area (Å²) in [6, 6.07) is 7.70. The lowest BCUT2D eigenvalue weighted by atomic mass is 9.86. The van der Waals surface area contributed by atoms with Gasteiger partial charge in [-0.05, 0) is 24.3 Å². The van der Waals surface area contributed by atoms with Gasteiger partial charge in [-0.25, -0.2) is 4.79 Å². The minimum atomic E-state index is -1.09. The summed E-state index contributed by atoms with van der Waals surface area (Å²) >= 11 is 0. The summed E-state index contributed by atoms with van der Waals surface area (Å²) in [6.07, 6.45) is 4.32. The van der Waals surface area contributed by atoms with Crippen molar-refractivity contribution in [2.45, 2.75) is 12.5 Å². The number of nitrogens with zero attached hydrogens (tertiary/aromatic N) is 3. The van der Waals surface area contributed by atoms with Crippen LogP contribution in [0.1, 0.15) is 12.5 Å². The van der Waals surface area contributed by atoms with Gasteiger partial charge in [-0.3, -0.25) is 0 Å². The van der Waals surface area contributed by atoms with Crippen molar-refractivity contribution in [1.29, 1.82) is 0 Å². The van der Waals surface area contributed by atoms with E-state index in [0.717, 1.165) is 22.1 Å². The highest BCUT2D eigenvalue weighted by molar-refractivity contribution is 6.17. The van der Waals surface area contributed by atoms with Crippen LogP contribution in [-0.4, -0.2) is 17.4 Å². The van der Waals surface area contributed by atoms with Crippen molar-refractivity contribution >= 4 is 28.3 Å². The molecular weight excluding hydrogens is 296 g/mol. The van der Waals surface area contributed by atoms with Gasteiger partial charge >= 0.3 is 6.09 Å². The number of fused-ring (bicyclic) bond motifs is 2. The van der Waals surface area contributed by atoms with Crippen LogP contribution in [0, 0.1) is 0 Å². The molecule has 1 aliphatic heterocycles. The van der Waals surface area contributed by atoms with Crippen LogP contribution in [0.3, 0.4) is 0 Å². The van der Waals surface area contributed by atoms with E-state index in [4.69, 9.17) is 14.9 Å². The molecule has 1 amide bonds. The van der Waals surface area contributed by atoms with Crippen molar-refractivity contribution in [3.05, 3.63) is 53.9 Å². The highest BCUT2D eigenvalue weighted by atomic mass is 16.6. The number of carbonyl (C=O) groups is 1. The molecule has 0 fully saturated rings. The van der Waals surface area contributed by atoms with Crippen molar-refractivity contribution in [3.63, 3.8) is 0 Å². The van der Waals surface area contributed by atoms with E-state index in [2.05, 4.69) is 15.4 Å². The van der Waals surface area contributed by atoms with E-state index in [1.807, 2.05) is 30.3 Å². The first-order chi connectivity index (χ1) is 11.1. The van der Waals surface area contributed by atoms with Crippen LogP contribution in [0.4, 0.5) is 4.79 Å². The first-order valence-corrected chi connectivity index (χ1v) is 6.96. The molecule has 0 bridgehead atoms. The molecule has 7 heteroatoms. The maximum absolute atomic E-state index is 11.2. The smallest absolute Gasteiger partial charge is 0.405 e. The minimum Gasteiger partial charge on any atom is -0.464 e. The molecule has 1 aliphatic carbocycles. The van der Waals surface area contributed by atoms with E-state index < -0.39 is 11.7 Å². The van der Waals surface area contributed by atoms with Crippen LogP contribution in [0.2, 0.25) is 0 Å². The average Bonchev–Trinajstić information content (AvgIpc) is 3.14. The quantitative estimate of drug-likeness (QED) is 0.919. The number of hydrogen-bond acceptors (Lipinski definition) is 6. The Morgan fingerprint density at radius 2 is 2.17 bits per heavy atom. The maximum atomic E-state index is 11.2. The van der Waals surface area contributed by atoms with E-state index in [0.29, 0.717) is 11.4 Å². The summed E-state index contributed by atoms with van der Waals surface area (Å²) in [5.41, 5.74) is 7.51. The van der Waals surface area contributed by atoms with Crippen molar-refractivity contribution in [2.75, 3.05) is 0 Å². The summed E-state index contributed by atoms with van der Waals surface area (Å²) in [5, 5.41) is 12.8. The third-order valence-corrected chi connectivity index (χ3v) is 3.89. The van der Waals surface area contributed by atoms with Gasteiger partial charge in [0.25, 0.3) is 0 Å². The van der Waals surface area contributed by atoms with Crippen molar-refractivity contribution in [1.82, 2.24) is 0 Å². The lowest BCUT2D eigenvalue weighted by Gasteiger charge is -2.28. The van der Waals surface area contributed by atoms with Gasteiger partial charge in [0.05, 0.1) is 6.26 Å². The second kappa shape index (κ2) is 4.64. The number of allylic oxidation sites excluding steroid dienone is 2. The number of rotatable bonds is 2. The van der Waals surface area contributed by atoms with Gasteiger partial charge in [0.1, 0.15) is 17.0 Å². The molecule has 114 valence electrons. The first-order valence-electron chi connectivity index (χ1n) is 6.96. The topological polar surface area (TPSA) is 103 Å². The molecule has 2 heterocycles. The monoisotopic (exact) mass is 308 g/mol. The Hall–Kier alpha value is -3.22. The number of carbonyl (C=O) groups excluding carboxylic acids is 1. The number of hydrogen-bond donors (Lipinski definition) is 1. The Morgan fingerprint density at radius 3 is 3.00 bits per heavy atom. The fourth-order valence-corrected chi connectivity index (χ4v) is 2.82. The number of amides is 1. The van der Waals surface area contributed by atoms with Gasteiger partial charge < -0.3 is 14.9 Å². The lowest BCUT2D eigenvalue weighted by Crippen LogP contribution is -2.41. The van der Waals surface area contributed by atoms with Gasteiger partial charge in [0, 0.05) is 16.5 Å². The molecule has 7 nitrogen and oxygen atoms in total. The molecule has 4 rings (SSSR count). The van der Waals surface area contributed by atoms with Gasteiger partial charge in [-0.1, -0.05) is 24.3 Å². The summed E-state index contributed by atoms with van der Waals surface area (Å²) in [4.78, 5) is 11.2. The second-order valence-corrected chi connectivity index (χ2v) is 5.41. The molecule has 1 unspecified atom stereocenters.